The van der Waals surface area contributed by atoms with Crippen LogP contribution >= 0.6 is 0 Å². The fourth-order valence-electron chi connectivity index (χ4n) is 0.792. The zero-order valence-corrected chi connectivity index (χ0v) is 6.58. The van der Waals surface area contributed by atoms with Crippen molar-refractivity contribution in [2.75, 3.05) is 0 Å². The van der Waals surface area contributed by atoms with E-state index in [0.29, 0.717) is 12.5 Å². The average molecular weight is 210 g/mol. The molecule has 0 spiro atoms. The molecular weight excluding hydrogens is 205 g/mol. The van der Waals surface area contributed by atoms with Gasteiger partial charge in [-0.25, -0.2) is 0 Å². The average Bonchev–Trinajstić information content (AvgIpc) is 2.07. The van der Waals surface area contributed by atoms with Crippen LogP contribution in [0.15, 0.2) is 21.7 Å². The topological polar surface area (TPSA) is 70.7 Å². The summed E-state index contributed by atoms with van der Waals surface area (Å²) in [4.78, 5) is 10.9. The molecule has 1 unspecified atom stereocenters. The summed E-state index contributed by atoms with van der Waals surface area (Å²) >= 11 is 0. The van der Waals surface area contributed by atoms with Gasteiger partial charge in [-0.3, -0.25) is 4.79 Å². The number of rotatable bonds is 1. The molecule has 0 radical (unpaired) electrons. The van der Waals surface area contributed by atoms with Gasteiger partial charge in [0.2, 0.25) is 5.43 Å². The lowest BCUT2D eigenvalue weighted by atomic mass is 10.1. The van der Waals surface area contributed by atoms with Gasteiger partial charge in [0.1, 0.15) is 12.5 Å². The fraction of sp³-hybridized carbons (Fsp3) is 0.286. The first-order valence-corrected chi connectivity index (χ1v) is 3.38. The zero-order valence-electron chi connectivity index (χ0n) is 6.58. The molecule has 0 fully saturated rings. The van der Waals surface area contributed by atoms with Crippen molar-refractivity contribution in [3.63, 3.8) is 0 Å². The van der Waals surface area contributed by atoms with Crippen LogP contribution in [-0.4, -0.2) is 16.4 Å². The maximum absolute atomic E-state index is 11.9. The smallest absolute Gasteiger partial charge is 0.418 e. The van der Waals surface area contributed by atoms with E-state index in [1.165, 1.54) is 0 Å². The number of hydrogen-bond acceptors (Lipinski definition) is 4. The first kappa shape index (κ1) is 10.6. The summed E-state index contributed by atoms with van der Waals surface area (Å²) in [6, 6.07) is 0. The zero-order chi connectivity index (χ0) is 10.9. The van der Waals surface area contributed by atoms with Gasteiger partial charge < -0.3 is 14.6 Å². The standard InChI is InChI=1S/C7H5F3O4/c8-7(9,10)6(13)3-1-14-2-4(11)5(3)12/h1-2,6,11,13H. The van der Waals surface area contributed by atoms with Crippen LogP contribution < -0.4 is 5.43 Å². The predicted octanol–water partition coefficient (Wildman–Crippen LogP) is 0.941. The molecule has 0 bridgehead atoms. The minimum absolute atomic E-state index is 0.445. The first-order chi connectivity index (χ1) is 6.34. The van der Waals surface area contributed by atoms with E-state index in [9.17, 15) is 18.0 Å². The number of alkyl halides is 3. The third-order valence-corrected chi connectivity index (χ3v) is 1.47. The summed E-state index contributed by atoms with van der Waals surface area (Å²) in [7, 11) is 0. The molecule has 7 heteroatoms. The van der Waals surface area contributed by atoms with Crippen molar-refractivity contribution in [1.82, 2.24) is 0 Å². The van der Waals surface area contributed by atoms with Crippen LogP contribution in [0.25, 0.3) is 0 Å². The molecule has 4 nitrogen and oxygen atoms in total. The summed E-state index contributed by atoms with van der Waals surface area (Å²) in [6.45, 7) is 0. The maximum Gasteiger partial charge on any atom is 0.418 e. The molecule has 0 aromatic carbocycles. The summed E-state index contributed by atoms with van der Waals surface area (Å²) in [5, 5.41) is 17.4. The Labute approximate surface area is 75.2 Å². The lowest BCUT2D eigenvalue weighted by Crippen LogP contribution is -2.25. The predicted molar refractivity (Wildman–Crippen MR) is 37.7 cm³/mol. The highest BCUT2D eigenvalue weighted by Gasteiger charge is 2.41. The van der Waals surface area contributed by atoms with Gasteiger partial charge in [-0.15, -0.1) is 0 Å². The molecule has 1 heterocycles. The van der Waals surface area contributed by atoms with Gasteiger partial charge in [0.25, 0.3) is 0 Å². The molecule has 0 saturated heterocycles. The molecule has 0 aliphatic carbocycles. The minimum atomic E-state index is -4.97. The molecule has 1 atom stereocenters. The van der Waals surface area contributed by atoms with Gasteiger partial charge in [-0.05, 0) is 0 Å². The van der Waals surface area contributed by atoms with Gasteiger partial charge in [0, 0.05) is 0 Å². The third kappa shape index (κ3) is 1.87. The maximum atomic E-state index is 11.9. The van der Waals surface area contributed by atoms with Gasteiger partial charge >= 0.3 is 6.18 Å². The first-order valence-electron chi connectivity index (χ1n) is 3.38. The molecule has 0 amide bonds. The molecule has 0 saturated carbocycles. The van der Waals surface area contributed by atoms with E-state index in [-0.39, 0.29) is 0 Å². The van der Waals surface area contributed by atoms with E-state index in [0.717, 1.165) is 0 Å². The van der Waals surface area contributed by atoms with Crippen molar-refractivity contribution < 1.29 is 27.8 Å². The molecule has 2 N–H and O–H groups in total. The summed E-state index contributed by atoms with van der Waals surface area (Å²) in [6.07, 6.45) is -6.90. The Kier molecular flexibility index (Phi) is 2.52. The van der Waals surface area contributed by atoms with Crippen LogP contribution in [0.1, 0.15) is 11.7 Å². The number of aromatic hydroxyl groups is 1. The Bertz CT molecular complexity index is 381. The van der Waals surface area contributed by atoms with Crippen LogP contribution in [0.2, 0.25) is 0 Å². The molecule has 1 aromatic heterocycles. The van der Waals surface area contributed by atoms with Gasteiger partial charge in [0.05, 0.1) is 5.56 Å². The van der Waals surface area contributed by atoms with Crippen molar-refractivity contribution >= 4 is 0 Å². The van der Waals surface area contributed by atoms with Crippen LogP contribution in [0.3, 0.4) is 0 Å². The Morgan fingerprint density at radius 2 is 1.93 bits per heavy atom. The van der Waals surface area contributed by atoms with Crippen LogP contribution in [0, 0.1) is 0 Å². The van der Waals surface area contributed by atoms with Crippen molar-refractivity contribution in [2.45, 2.75) is 12.3 Å². The Hall–Kier alpha value is -1.50. The monoisotopic (exact) mass is 210 g/mol. The molecule has 1 aromatic rings. The number of halogens is 3. The lowest BCUT2D eigenvalue weighted by molar-refractivity contribution is -0.207. The molecule has 78 valence electrons. The highest BCUT2D eigenvalue weighted by molar-refractivity contribution is 5.23. The highest BCUT2D eigenvalue weighted by Crippen LogP contribution is 2.31. The van der Waals surface area contributed by atoms with Crippen molar-refractivity contribution in [1.29, 1.82) is 0 Å². The van der Waals surface area contributed by atoms with E-state index in [2.05, 4.69) is 4.42 Å². The van der Waals surface area contributed by atoms with Gasteiger partial charge in [-0.2, -0.15) is 13.2 Å². The summed E-state index contributed by atoms with van der Waals surface area (Å²) in [5.74, 6) is -0.981. The van der Waals surface area contributed by atoms with Crippen LogP contribution in [-0.2, 0) is 0 Å². The molecule has 0 aliphatic heterocycles. The molecule has 14 heavy (non-hydrogen) atoms. The summed E-state index contributed by atoms with van der Waals surface area (Å²) in [5.41, 5.74) is -2.35. The third-order valence-electron chi connectivity index (χ3n) is 1.47. The quantitative estimate of drug-likeness (QED) is 0.723. The highest BCUT2D eigenvalue weighted by atomic mass is 19.4. The van der Waals surface area contributed by atoms with Crippen LogP contribution in [0.5, 0.6) is 5.75 Å². The lowest BCUT2D eigenvalue weighted by Gasteiger charge is -2.12. The van der Waals surface area contributed by atoms with Gasteiger partial charge in [0.15, 0.2) is 11.9 Å². The minimum Gasteiger partial charge on any atom is -0.502 e. The molecule has 0 aliphatic rings. The summed E-state index contributed by atoms with van der Waals surface area (Å²) < 4.78 is 40.0. The normalized spacial score (nSPS) is 14.0. The van der Waals surface area contributed by atoms with Crippen LogP contribution in [0.4, 0.5) is 13.2 Å². The Balaban J connectivity index is 3.21. The Morgan fingerprint density at radius 3 is 2.43 bits per heavy atom. The number of hydrogen-bond donors (Lipinski definition) is 2. The van der Waals surface area contributed by atoms with E-state index in [1.54, 1.807) is 0 Å². The second-order valence-corrected chi connectivity index (χ2v) is 2.49. The number of aliphatic hydroxyl groups is 1. The van der Waals surface area contributed by atoms with Gasteiger partial charge in [-0.1, -0.05) is 0 Å². The van der Waals surface area contributed by atoms with E-state index in [4.69, 9.17) is 10.2 Å². The fourth-order valence-corrected chi connectivity index (χ4v) is 0.792. The second kappa shape index (κ2) is 3.33. The van der Waals surface area contributed by atoms with Crippen molar-refractivity contribution in [3.05, 3.63) is 28.3 Å². The van der Waals surface area contributed by atoms with Crippen molar-refractivity contribution in [3.8, 4) is 5.75 Å². The second-order valence-electron chi connectivity index (χ2n) is 2.49. The largest absolute Gasteiger partial charge is 0.502 e. The van der Waals surface area contributed by atoms with E-state index in [1.807, 2.05) is 0 Å². The van der Waals surface area contributed by atoms with Crippen molar-refractivity contribution in [2.24, 2.45) is 0 Å². The molecule has 1 rings (SSSR count). The Morgan fingerprint density at radius 1 is 1.36 bits per heavy atom. The molecular formula is C7H5F3O4. The van der Waals surface area contributed by atoms with E-state index < -0.39 is 29.0 Å². The van der Waals surface area contributed by atoms with E-state index >= 15 is 0 Å². The number of aliphatic hydroxyl groups excluding tert-OH is 1. The SMILES string of the molecule is O=c1c(O)cocc1C(O)C(F)(F)F.